The van der Waals surface area contributed by atoms with Gasteiger partial charge in [0.2, 0.25) is 0 Å². The number of pyridine rings is 1. The molecule has 0 bridgehead atoms. The van der Waals surface area contributed by atoms with Crippen molar-refractivity contribution in [1.82, 2.24) is 4.98 Å². The summed E-state index contributed by atoms with van der Waals surface area (Å²) >= 11 is 0. The van der Waals surface area contributed by atoms with Crippen LogP contribution < -0.4 is 16.2 Å². The van der Waals surface area contributed by atoms with Crippen molar-refractivity contribution in [2.24, 2.45) is 5.73 Å². The fourth-order valence-electron chi connectivity index (χ4n) is 0.879. The highest BCUT2D eigenvalue weighted by atomic mass is 19.4. The minimum absolute atomic E-state index is 0.0972. The molecule has 0 saturated carbocycles. The van der Waals surface area contributed by atoms with Gasteiger partial charge in [0.25, 0.3) is 0 Å². The number of rotatable bonds is 2. The monoisotopic (exact) mass is 207 g/mol. The number of anilines is 1. The summed E-state index contributed by atoms with van der Waals surface area (Å²) < 4.78 is 39.2. The number of nitrogens with two attached hydrogens (primary N) is 2. The Bertz CT molecular complexity index is 326. The van der Waals surface area contributed by atoms with Crippen molar-refractivity contribution in [2.75, 3.05) is 5.73 Å². The largest absolute Gasteiger partial charge is 0.573 e. The smallest absolute Gasteiger partial charge is 0.404 e. The maximum absolute atomic E-state index is 11.8. The van der Waals surface area contributed by atoms with Gasteiger partial charge in [-0.1, -0.05) is 0 Å². The van der Waals surface area contributed by atoms with Crippen LogP contribution in [0.4, 0.5) is 19.0 Å². The zero-order chi connectivity index (χ0) is 10.8. The number of aromatic nitrogens is 1. The van der Waals surface area contributed by atoms with Crippen molar-refractivity contribution < 1.29 is 17.9 Å². The van der Waals surface area contributed by atoms with E-state index < -0.39 is 12.1 Å². The number of halogens is 3. The Kier molecular flexibility index (Phi) is 2.80. The summed E-state index contributed by atoms with van der Waals surface area (Å²) in [4.78, 5) is 3.47. The number of hydrogen-bond donors (Lipinski definition) is 2. The van der Waals surface area contributed by atoms with Gasteiger partial charge in [-0.2, -0.15) is 0 Å². The zero-order valence-corrected chi connectivity index (χ0v) is 7.01. The Morgan fingerprint density at radius 1 is 1.43 bits per heavy atom. The standard InChI is InChI=1S/C7H8F3N3O/c8-7(9,10)14-5-3-13-6(12)1-4(5)2-11/h1,3H,2,11H2,(H2,12,13). The van der Waals surface area contributed by atoms with Gasteiger partial charge in [-0.3, -0.25) is 0 Å². The molecule has 1 aromatic heterocycles. The van der Waals surface area contributed by atoms with E-state index in [0.717, 1.165) is 6.20 Å². The van der Waals surface area contributed by atoms with Gasteiger partial charge in [-0.25, -0.2) is 4.98 Å². The molecule has 7 heteroatoms. The third kappa shape index (κ3) is 2.77. The normalized spacial score (nSPS) is 11.4. The van der Waals surface area contributed by atoms with Gasteiger partial charge in [0.05, 0.1) is 6.20 Å². The molecule has 4 N–H and O–H groups in total. The molecule has 4 nitrogen and oxygen atoms in total. The minimum Gasteiger partial charge on any atom is -0.404 e. The van der Waals surface area contributed by atoms with E-state index in [4.69, 9.17) is 11.5 Å². The highest BCUT2D eigenvalue weighted by Crippen LogP contribution is 2.26. The molecule has 0 aromatic carbocycles. The summed E-state index contributed by atoms with van der Waals surface area (Å²) in [6.07, 6.45) is -3.85. The lowest BCUT2D eigenvalue weighted by Gasteiger charge is -2.11. The number of alkyl halides is 3. The molecule has 0 spiro atoms. The maximum Gasteiger partial charge on any atom is 0.573 e. The van der Waals surface area contributed by atoms with E-state index in [1.807, 2.05) is 0 Å². The molecule has 78 valence electrons. The Hall–Kier alpha value is -1.50. The van der Waals surface area contributed by atoms with Gasteiger partial charge >= 0.3 is 6.36 Å². The summed E-state index contributed by atoms with van der Waals surface area (Å²) in [7, 11) is 0. The average molecular weight is 207 g/mol. The van der Waals surface area contributed by atoms with Crippen LogP contribution in [0.2, 0.25) is 0 Å². The number of nitrogen functional groups attached to an aromatic ring is 1. The van der Waals surface area contributed by atoms with Gasteiger partial charge in [-0.05, 0) is 6.07 Å². The quantitative estimate of drug-likeness (QED) is 0.759. The first-order valence-corrected chi connectivity index (χ1v) is 3.62. The van der Waals surface area contributed by atoms with Crippen LogP contribution in [0.5, 0.6) is 5.75 Å². The minimum atomic E-state index is -4.75. The molecular formula is C7H8F3N3O. The van der Waals surface area contributed by atoms with Crippen LogP contribution in [0, 0.1) is 0 Å². The first-order valence-electron chi connectivity index (χ1n) is 3.62. The van der Waals surface area contributed by atoms with Crippen molar-refractivity contribution in [2.45, 2.75) is 12.9 Å². The number of nitrogens with zero attached hydrogens (tertiary/aromatic N) is 1. The third-order valence-corrected chi connectivity index (χ3v) is 1.42. The number of ether oxygens (including phenoxy) is 1. The third-order valence-electron chi connectivity index (χ3n) is 1.42. The summed E-state index contributed by atoms with van der Waals surface area (Å²) in [6.45, 7) is -0.0991. The topological polar surface area (TPSA) is 74.2 Å². The van der Waals surface area contributed by atoms with Gasteiger partial charge in [0.1, 0.15) is 5.82 Å². The first kappa shape index (κ1) is 10.6. The molecule has 1 heterocycles. The lowest BCUT2D eigenvalue weighted by atomic mass is 10.2. The van der Waals surface area contributed by atoms with E-state index in [0.29, 0.717) is 0 Å². The van der Waals surface area contributed by atoms with Gasteiger partial charge in [0, 0.05) is 12.1 Å². The van der Waals surface area contributed by atoms with E-state index in [1.165, 1.54) is 6.07 Å². The van der Waals surface area contributed by atoms with Crippen molar-refractivity contribution in [1.29, 1.82) is 0 Å². The van der Waals surface area contributed by atoms with Crippen LogP contribution in [0.3, 0.4) is 0 Å². The van der Waals surface area contributed by atoms with Crippen LogP contribution in [0.15, 0.2) is 12.3 Å². The molecule has 14 heavy (non-hydrogen) atoms. The van der Waals surface area contributed by atoms with Crippen molar-refractivity contribution in [3.8, 4) is 5.75 Å². The van der Waals surface area contributed by atoms with Crippen LogP contribution >= 0.6 is 0 Å². The molecule has 1 aromatic rings. The van der Waals surface area contributed by atoms with E-state index in [9.17, 15) is 13.2 Å². The predicted molar refractivity (Wildman–Crippen MR) is 43.2 cm³/mol. The van der Waals surface area contributed by atoms with Gasteiger partial charge in [-0.15, -0.1) is 13.2 Å². The second kappa shape index (κ2) is 3.70. The van der Waals surface area contributed by atoms with Crippen molar-refractivity contribution >= 4 is 5.82 Å². The summed E-state index contributed by atoms with van der Waals surface area (Å²) in [5, 5.41) is 0. The Morgan fingerprint density at radius 2 is 2.07 bits per heavy atom. The summed E-state index contributed by atoms with van der Waals surface area (Å²) in [5.41, 5.74) is 10.6. The zero-order valence-electron chi connectivity index (χ0n) is 7.01. The van der Waals surface area contributed by atoms with E-state index in [-0.39, 0.29) is 17.9 Å². The first-order chi connectivity index (χ1) is 6.42. The summed E-state index contributed by atoms with van der Waals surface area (Å²) in [5.74, 6) is -0.325. The van der Waals surface area contributed by atoms with Crippen LogP contribution in [-0.2, 0) is 6.54 Å². The Labute approximate surface area is 77.7 Å². The molecular weight excluding hydrogens is 199 g/mol. The molecule has 0 fully saturated rings. The second-order valence-electron chi connectivity index (χ2n) is 2.47. The molecule has 0 saturated heterocycles. The molecule has 0 aliphatic rings. The van der Waals surface area contributed by atoms with Gasteiger partial charge < -0.3 is 16.2 Å². The Balaban J connectivity index is 2.97. The molecule has 0 aliphatic heterocycles. The van der Waals surface area contributed by atoms with Crippen LogP contribution in [0.1, 0.15) is 5.56 Å². The number of hydrogen-bond acceptors (Lipinski definition) is 4. The fourth-order valence-corrected chi connectivity index (χ4v) is 0.879. The molecule has 0 aliphatic carbocycles. The Morgan fingerprint density at radius 3 is 2.57 bits per heavy atom. The van der Waals surface area contributed by atoms with Crippen molar-refractivity contribution in [3.05, 3.63) is 17.8 Å². The molecule has 0 atom stereocenters. The van der Waals surface area contributed by atoms with Gasteiger partial charge in [0.15, 0.2) is 5.75 Å². The van der Waals surface area contributed by atoms with E-state index in [2.05, 4.69) is 9.72 Å². The molecule has 0 amide bonds. The highest BCUT2D eigenvalue weighted by Gasteiger charge is 2.32. The lowest BCUT2D eigenvalue weighted by Crippen LogP contribution is -2.19. The molecule has 0 unspecified atom stereocenters. The maximum atomic E-state index is 11.8. The summed E-state index contributed by atoms with van der Waals surface area (Å²) in [6, 6.07) is 1.24. The second-order valence-corrected chi connectivity index (χ2v) is 2.47. The molecule has 0 radical (unpaired) electrons. The van der Waals surface area contributed by atoms with Crippen molar-refractivity contribution in [3.63, 3.8) is 0 Å². The molecule has 1 rings (SSSR count). The van der Waals surface area contributed by atoms with E-state index >= 15 is 0 Å². The van der Waals surface area contributed by atoms with Crippen LogP contribution in [-0.4, -0.2) is 11.3 Å². The highest BCUT2D eigenvalue weighted by molar-refractivity contribution is 5.40. The van der Waals surface area contributed by atoms with Crippen LogP contribution in [0.25, 0.3) is 0 Å². The fraction of sp³-hybridized carbons (Fsp3) is 0.286. The van der Waals surface area contributed by atoms with E-state index in [1.54, 1.807) is 0 Å². The lowest BCUT2D eigenvalue weighted by molar-refractivity contribution is -0.275. The predicted octanol–water partition coefficient (Wildman–Crippen LogP) is 1.02. The average Bonchev–Trinajstić information content (AvgIpc) is 2.06. The SMILES string of the molecule is NCc1cc(N)ncc1OC(F)(F)F.